The number of amides is 1. The quantitative estimate of drug-likeness (QED) is 0.784. The molecule has 0 bridgehead atoms. The summed E-state index contributed by atoms with van der Waals surface area (Å²) in [6.07, 6.45) is -5.02. The maximum Gasteiger partial charge on any atom is 0.416 e. The molecule has 4 nitrogen and oxygen atoms in total. The van der Waals surface area contributed by atoms with Gasteiger partial charge in [-0.05, 0) is 32.9 Å². The average Bonchev–Trinajstić information content (AvgIpc) is 2.31. The van der Waals surface area contributed by atoms with Crippen LogP contribution in [0.15, 0.2) is 22.7 Å². The number of likely N-dealkylation sites (tertiary alicyclic amines) is 1. The van der Waals surface area contributed by atoms with E-state index in [1.807, 2.05) is 0 Å². The molecular formula is C15H17BrF3NO3. The van der Waals surface area contributed by atoms with Gasteiger partial charge in [0.05, 0.1) is 18.7 Å². The molecule has 0 unspecified atom stereocenters. The summed E-state index contributed by atoms with van der Waals surface area (Å²) in [5, 5.41) is 10.5. The van der Waals surface area contributed by atoms with Gasteiger partial charge in [-0.2, -0.15) is 13.2 Å². The van der Waals surface area contributed by atoms with Crippen LogP contribution in [-0.4, -0.2) is 34.8 Å². The third-order valence-electron chi connectivity index (χ3n) is 3.35. The van der Waals surface area contributed by atoms with E-state index in [4.69, 9.17) is 4.74 Å². The minimum Gasteiger partial charge on any atom is -0.444 e. The third kappa shape index (κ3) is 3.98. The predicted octanol–water partition coefficient (Wildman–Crippen LogP) is 3.91. The molecule has 1 aromatic rings. The molecule has 1 aromatic carbocycles. The Morgan fingerprint density at radius 3 is 2.30 bits per heavy atom. The second-order valence-electron chi connectivity index (χ2n) is 6.56. The maximum atomic E-state index is 12.7. The van der Waals surface area contributed by atoms with Crippen molar-refractivity contribution in [3.8, 4) is 0 Å². The van der Waals surface area contributed by atoms with Crippen molar-refractivity contribution in [2.45, 2.75) is 38.1 Å². The second kappa shape index (κ2) is 5.66. The maximum absolute atomic E-state index is 12.7. The van der Waals surface area contributed by atoms with E-state index in [1.165, 1.54) is 11.0 Å². The molecule has 1 heterocycles. The molecule has 0 saturated carbocycles. The summed E-state index contributed by atoms with van der Waals surface area (Å²) in [6.45, 7) is 5.10. The molecule has 2 rings (SSSR count). The lowest BCUT2D eigenvalue weighted by molar-refractivity contribution is -0.137. The van der Waals surface area contributed by atoms with Gasteiger partial charge in [0.25, 0.3) is 0 Å². The molecule has 0 atom stereocenters. The molecular weight excluding hydrogens is 379 g/mol. The van der Waals surface area contributed by atoms with Gasteiger partial charge in [0.1, 0.15) is 11.2 Å². The van der Waals surface area contributed by atoms with Crippen molar-refractivity contribution in [3.05, 3.63) is 33.8 Å². The van der Waals surface area contributed by atoms with Crippen LogP contribution in [0.1, 0.15) is 31.9 Å². The third-order valence-corrected chi connectivity index (χ3v) is 4.01. The van der Waals surface area contributed by atoms with Gasteiger partial charge in [-0.3, -0.25) is 0 Å². The van der Waals surface area contributed by atoms with Gasteiger partial charge < -0.3 is 14.7 Å². The lowest BCUT2D eigenvalue weighted by Gasteiger charge is -2.47. The largest absolute Gasteiger partial charge is 0.444 e. The minimum absolute atomic E-state index is 0.0358. The van der Waals surface area contributed by atoms with Gasteiger partial charge in [0.15, 0.2) is 0 Å². The van der Waals surface area contributed by atoms with Crippen molar-refractivity contribution >= 4 is 22.0 Å². The fourth-order valence-corrected chi connectivity index (χ4v) is 3.03. The predicted molar refractivity (Wildman–Crippen MR) is 80.8 cm³/mol. The monoisotopic (exact) mass is 395 g/mol. The van der Waals surface area contributed by atoms with Crippen LogP contribution in [0.2, 0.25) is 0 Å². The van der Waals surface area contributed by atoms with E-state index >= 15 is 0 Å². The van der Waals surface area contributed by atoms with Crippen molar-refractivity contribution in [2.75, 3.05) is 13.1 Å². The second-order valence-corrected chi connectivity index (χ2v) is 7.41. The van der Waals surface area contributed by atoms with E-state index in [0.717, 1.165) is 12.1 Å². The van der Waals surface area contributed by atoms with Crippen molar-refractivity contribution in [1.82, 2.24) is 4.90 Å². The summed E-state index contributed by atoms with van der Waals surface area (Å²) in [5.41, 5.74) is -2.54. The van der Waals surface area contributed by atoms with E-state index in [0.29, 0.717) is 5.56 Å². The van der Waals surface area contributed by atoms with Gasteiger partial charge >= 0.3 is 12.3 Å². The standard InChI is InChI=1S/C15H17BrF3NO3/c1-13(2,3)23-12(21)20-7-14(22,8-20)10-5-4-9(6-11(10)16)15(17,18)19/h4-6,22H,7-8H2,1-3H3. The highest BCUT2D eigenvalue weighted by molar-refractivity contribution is 9.10. The summed E-state index contributed by atoms with van der Waals surface area (Å²) in [5.74, 6) is 0. The topological polar surface area (TPSA) is 49.8 Å². The van der Waals surface area contributed by atoms with Crippen molar-refractivity contribution < 1.29 is 27.8 Å². The number of β-amino-alcohol motifs (C(OH)–C–C–N with tert-alkyl or cyclic N) is 1. The Morgan fingerprint density at radius 1 is 1.30 bits per heavy atom. The van der Waals surface area contributed by atoms with Crippen molar-refractivity contribution in [1.29, 1.82) is 0 Å². The van der Waals surface area contributed by atoms with Gasteiger partial charge in [0.2, 0.25) is 0 Å². The number of carbonyl (C=O) groups is 1. The molecule has 0 aliphatic carbocycles. The van der Waals surface area contributed by atoms with E-state index in [9.17, 15) is 23.1 Å². The first-order chi connectivity index (χ1) is 10.3. The van der Waals surface area contributed by atoms with Gasteiger partial charge in [-0.15, -0.1) is 0 Å². The molecule has 0 spiro atoms. The lowest BCUT2D eigenvalue weighted by atomic mass is 9.86. The van der Waals surface area contributed by atoms with E-state index < -0.39 is 29.0 Å². The van der Waals surface area contributed by atoms with Crippen molar-refractivity contribution in [2.24, 2.45) is 0 Å². The fraction of sp³-hybridized carbons (Fsp3) is 0.533. The van der Waals surface area contributed by atoms with Crippen LogP contribution < -0.4 is 0 Å². The average molecular weight is 396 g/mol. The zero-order valence-electron chi connectivity index (χ0n) is 12.9. The number of hydrogen-bond acceptors (Lipinski definition) is 3. The van der Waals surface area contributed by atoms with Crippen LogP contribution in [0.4, 0.5) is 18.0 Å². The Bertz CT molecular complexity index is 619. The first kappa shape index (κ1) is 18.1. The minimum atomic E-state index is -4.45. The van der Waals surface area contributed by atoms with Crippen molar-refractivity contribution in [3.63, 3.8) is 0 Å². The van der Waals surface area contributed by atoms with Crippen LogP contribution in [0.5, 0.6) is 0 Å². The molecule has 1 fully saturated rings. The molecule has 128 valence electrons. The SMILES string of the molecule is CC(C)(C)OC(=O)N1CC(O)(c2ccc(C(F)(F)F)cc2Br)C1. The summed E-state index contributed by atoms with van der Waals surface area (Å²) >= 11 is 3.06. The molecule has 1 N–H and O–H groups in total. The molecule has 0 aromatic heterocycles. The number of ether oxygens (including phenoxy) is 1. The Morgan fingerprint density at radius 2 is 1.87 bits per heavy atom. The Labute approximate surface area is 140 Å². The van der Waals surface area contributed by atoms with E-state index in [1.54, 1.807) is 20.8 Å². The van der Waals surface area contributed by atoms with Crippen LogP contribution >= 0.6 is 15.9 Å². The van der Waals surface area contributed by atoms with Gasteiger partial charge in [-0.25, -0.2) is 4.79 Å². The molecule has 1 aliphatic rings. The fourth-order valence-electron chi connectivity index (χ4n) is 2.28. The number of carbonyl (C=O) groups excluding carboxylic acids is 1. The molecule has 23 heavy (non-hydrogen) atoms. The summed E-state index contributed by atoms with van der Waals surface area (Å²) in [7, 11) is 0. The van der Waals surface area contributed by atoms with Crippen LogP contribution in [-0.2, 0) is 16.5 Å². The number of rotatable bonds is 1. The number of aliphatic hydroxyl groups is 1. The Balaban J connectivity index is 2.11. The zero-order valence-corrected chi connectivity index (χ0v) is 14.5. The van der Waals surface area contributed by atoms with Crippen LogP contribution in [0.25, 0.3) is 0 Å². The normalized spacial score (nSPS) is 17.7. The van der Waals surface area contributed by atoms with E-state index in [2.05, 4.69) is 15.9 Å². The summed E-state index contributed by atoms with van der Waals surface area (Å²) in [6, 6.07) is 3.05. The molecule has 1 aliphatic heterocycles. The first-order valence-corrected chi connectivity index (χ1v) is 7.69. The highest BCUT2D eigenvalue weighted by Crippen LogP contribution is 2.39. The Hall–Kier alpha value is -1.28. The summed E-state index contributed by atoms with van der Waals surface area (Å²) in [4.78, 5) is 13.2. The number of benzene rings is 1. The number of hydrogen-bond donors (Lipinski definition) is 1. The highest BCUT2D eigenvalue weighted by Gasteiger charge is 2.47. The highest BCUT2D eigenvalue weighted by atomic mass is 79.9. The van der Waals surface area contributed by atoms with E-state index in [-0.39, 0.29) is 17.6 Å². The molecule has 8 heteroatoms. The lowest BCUT2D eigenvalue weighted by Crippen LogP contribution is -2.62. The van der Waals surface area contributed by atoms with Crippen LogP contribution in [0, 0.1) is 0 Å². The Kier molecular flexibility index (Phi) is 4.45. The van der Waals surface area contributed by atoms with Gasteiger partial charge in [-0.1, -0.05) is 22.0 Å². The molecule has 0 radical (unpaired) electrons. The molecule has 1 saturated heterocycles. The van der Waals surface area contributed by atoms with Gasteiger partial charge in [0, 0.05) is 10.0 Å². The smallest absolute Gasteiger partial charge is 0.416 e. The number of alkyl halides is 3. The number of nitrogens with zero attached hydrogens (tertiary/aromatic N) is 1. The van der Waals surface area contributed by atoms with Crippen LogP contribution in [0.3, 0.4) is 0 Å². The summed E-state index contributed by atoms with van der Waals surface area (Å²) < 4.78 is 43.3. The first-order valence-electron chi connectivity index (χ1n) is 6.89. The number of halogens is 4. The molecule has 1 amide bonds. The zero-order chi connectivity index (χ0) is 17.6.